The van der Waals surface area contributed by atoms with Crippen LogP contribution in [0, 0.1) is 29.9 Å². The number of fused-ring (bicyclic) bond motifs is 3. The van der Waals surface area contributed by atoms with Crippen molar-refractivity contribution >= 4 is 31.5 Å². The van der Waals surface area contributed by atoms with Gasteiger partial charge >= 0.3 is 0 Å². The van der Waals surface area contributed by atoms with Gasteiger partial charge in [0.15, 0.2) is 0 Å². The maximum atomic E-state index is 4.76. The van der Waals surface area contributed by atoms with Crippen molar-refractivity contribution in [2.45, 2.75) is 5.41 Å². The molecule has 4 heteroatoms. The third-order valence-electron chi connectivity index (χ3n) is 8.42. The molecule has 4 aliphatic rings. The van der Waals surface area contributed by atoms with E-state index in [0.29, 0.717) is 17.8 Å². The summed E-state index contributed by atoms with van der Waals surface area (Å²) >= 11 is 1.87. The van der Waals surface area contributed by atoms with E-state index in [1.807, 2.05) is 60.0 Å². The summed E-state index contributed by atoms with van der Waals surface area (Å²) in [6.45, 7) is 0. The minimum Gasteiger partial charge on any atom is -0.480 e. The second-order valence-corrected chi connectivity index (χ2v) is 11.9. The molecule has 6 aromatic rings. The molecular formula is C38H26IrN2S-2. The van der Waals surface area contributed by atoms with Gasteiger partial charge in [-0.25, -0.2) is 0 Å². The molecule has 4 aliphatic carbocycles. The number of aromatic nitrogens is 2. The summed E-state index contributed by atoms with van der Waals surface area (Å²) in [7, 11) is 0. The van der Waals surface area contributed by atoms with E-state index in [9.17, 15) is 0 Å². The summed E-state index contributed by atoms with van der Waals surface area (Å²) in [4.78, 5) is 8.98. The molecule has 3 heterocycles. The summed E-state index contributed by atoms with van der Waals surface area (Å²) in [6.07, 6.45) is 19.0. The van der Waals surface area contributed by atoms with Gasteiger partial charge in [-0.05, 0) is 64.9 Å². The third kappa shape index (κ3) is 4.80. The molecule has 42 heavy (non-hydrogen) atoms. The Morgan fingerprint density at radius 1 is 0.667 bits per heavy atom. The molecular weight excluding hydrogens is 709 g/mol. The predicted molar refractivity (Wildman–Crippen MR) is 169 cm³/mol. The number of rotatable bonds is 3. The van der Waals surface area contributed by atoms with E-state index in [2.05, 4.69) is 102 Å². The zero-order valence-corrected chi connectivity index (χ0v) is 25.9. The number of hydrogen-bond acceptors (Lipinski definition) is 3. The summed E-state index contributed by atoms with van der Waals surface area (Å²) in [6, 6.07) is 36.7. The van der Waals surface area contributed by atoms with Crippen LogP contribution in [0.2, 0.25) is 0 Å². The Morgan fingerprint density at radius 3 is 2.26 bits per heavy atom. The molecule has 1 saturated carbocycles. The van der Waals surface area contributed by atoms with Gasteiger partial charge in [0.2, 0.25) is 0 Å². The average molecular weight is 735 g/mol. The van der Waals surface area contributed by atoms with Gasteiger partial charge in [0, 0.05) is 58.4 Å². The van der Waals surface area contributed by atoms with Crippen molar-refractivity contribution in [2.24, 2.45) is 17.8 Å². The van der Waals surface area contributed by atoms with Crippen molar-refractivity contribution in [1.82, 2.24) is 9.97 Å². The maximum Gasteiger partial charge on any atom is 0.0361 e. The van der Waals surface area contributed by atoms with Crippen LogP contribution in [0.15, 0.2) is 140 Å². The van der Waals surface area contributed by atoms with E-state index < -0.39 is 0 Å². The molecule has 2 atom stereocenters. The normalized spacial score (nSPS) is 22.6. The summed E-state index contributed by atoms with van der Waals surface area (Å²) in [5.74, 6) is 1.98. The Balaban J connectivity index is 0.000000188. The fourth-order valence-electron chi connectivity index (χ4n) is 6.09. The second-order valence-electron chi connectivity index (χ2n) is 10.9. The van der Waals surface area contributed by atoms with Gasteiger partial charge in [-0.2, -0.15) is 0 Å². The van der Waals surface area contributed by atoms with Crippen molar-refractivity contribution in [2.75, 3.05) is 0 Å². The van der Waals surface area contributed by atoms with Gasteiger partial charge in [0.1, 0.15) is 0 Å². The first-order valence-corrected chi connectivity index (χ1v) is 14.9. The van der Waals surface area contributed by atoms with Crippen molar-refractivity contribution in [3.05, 3.63) is 158 Å². The molecule has 205 valence electrons. The van der Waals surface area contributed by atoms with Crippen LogP contribution in [0.5, 0.6) is 0 Å². The fourth-order valence-corrected chi connectivity index (χ4v) is 7.24. The molecule has 2 unspecified atom stereocenters. The van der Waals surface area contributed by atoms with E-state index in [4.69, 9.17) is 4.98 Å². The number of thiophene rings is 1. The molecule has 2 nitrogen and oxygen atoms in total. The second kappa shape index (κ2) is 11.0. The van der Waals surface area contributed by atoms with E-state index in [1.165, 1.54) is 31.3 Å². The molecule has 1 fully saturated rings. The number of benzene rings is 3. The van der Waals surface area contributed by atoms with E-state index in [0.717, 1.165) is 17.0 Å². The van der Waals surface area contributed by atoms with Crippen LogP contribution in [-0.2, 0) is 25.5 Å². The Kier molecular flexibility index (Phi) is 7.07. The van der Waals surface area contributed by atoms with Crippen molar-refractivity contribution in [1.29, 1.82) is 0 Å². The van der Waals surface area contributed by atoms with E-state index in [1.54, 1.807) is 6.20 Å². The molecule has 0 N–H and O–H groups in total. The van der Waals surface area contributed by atoms with Crippen LogP contribution in [-0.4, -0.2) is 9.97 Å². The molecule has 3 aromatic heterocycles. The van der Waals surface area contributed by atoms with Crippen LogP contribution in [0.4, 0.5) is 0 Å². The fraction of sp³-hybridized carbons (Fsp3) is 0.105. The smallest absolute Gasteiger partial charge is 0.0361 e. The minimum atomic E-state index is -0.323. The van der Waals surface area contributed by atoms with Crippen LogP contribution in [0.1, 0.15) is 5.69 Å². The number of allylic oxidation sites excluding steroid dienone is 6. The number of hydrogen-bond donors (Lipinski definition) is 0. The summed E-state index contributed by atoms with van der Waals surface area (Å²) in [5.41, 5.74) is 5.19. The zero-order chi connectivity index (χ0) is 27.2. The van der Waals surface area contributed by atoms with Crippen molar-refractivity contribution in [3.63, 3.8) is 0 Å². The van der Waals surface area contributed by atoms with Crippen LogP contribution in [0.3, 0.4) is 0 Å². The molecule has 3 aromatic carbocycles. The van der Waals surface area contributed by atoms with E-state index >= 15 is 0 Å². The molecule has 0 amide bonds. The van der Waals surface area contributed by atoms with Gasteiger partial charge in [0.05, 0.1) is 0 Å². The van der Waals surface area contributed by atoms with Crippen molar-refractivity contribution in [3.8, 4) is 22.4 Å². The van der Waals surface area contributed by atoms with Gasteiger partial charge < -0.3 is 11.1 Å². The predicted octanol–water partition coefficient (Wildman–Crippen LogP) is 9.26. The first-order chi connectivity index (χ1) is 20.3. The van der Waals surface area contributed by atoms with Crippen LogP contribution >= 0.6 is 11.3 Å². The molecule has 1 radical (unpaired) electrons. The maximum absolute atomic E-state index is 4.76. The Morgan fingerprint density at radius 2 is 1.45 bits per heavy atom. The Labute approximate surface area is 263 Å². The quantitative estimate of drug-likeness (QED) is 0.134. The first kappa shape index (κ1) is 26.9. The Bertz CT molecular complexity index is 1880. The van der Waals surface area contributed by atoms with Crippen LogP contribution in [0.25, 0.3) is 42.6 Å². The van der Waals surface area contributed by atoms with Gasteiger partial charge in [-0.15, -0.1) is 59.4 Å². The Hall–Kier alpha value is -3.95. The first-order valence-electron chi connectivity index (χ1n) is 14.0. The van der Waals surface area contributed by atoms with Crippen molar-refractivity contribution < 1.29 is 20.1 Å². The van der Waals surface area contributed by atoms with Gasteiger partial charge in [0.25, 0.3) is 0 Å². The van der Waals surface area contributed by atoms with Gasteiger partial charge in [-0.1, -0.05) is 60.0 Å². The van der Waals surface area contributed by atoms with Gasteiger partial charge in [-0.3, -0.25) is 11.1 Å². The largest absolute Gasteiger partial charge is 0.480 e. The monoisotopic (exact) mass is 735 g/mol. The molecule has 10 rings (SSSR count). The minimum absolute atomic E-state index is 0. The SMILES string of the molecule is [C-]1=CC2C3C=CC1(c1cc(-c4ccc5c(c4)sc4ccccc45)ccn1)C=CC23.[Ir].[c-]1ccccc1-c1ccccn1. The number of nitrogens with zero attached hydrogens (tertiary/aromatic N) is 2. The van der Waals surface area contributed by atoms with Crippen LogP contribution < -0.4 is 0 Å². The zero-order valence-electron chi connectivity index (χ0n) is 22.6. The molecule has 0 saturated heterocycles. The summed E-state index contributed by atoms with van der Waals surface area (Å²) < 4.78 is 2.68. The third-order valence-corrected chi connectivity index (χ3v) is 9.55. The summed E-state index contributed by atoms with van der Waals surface area (Å²) in [5, 5.41) is 2.68. The molecule has 4 bridgehead atoms. The number of pyridine rings is 2. The average Bonchev–Trinajstić information content (AvgIpc) is 3.74. The molecule has 0 spiro atoms. The molecule has 0 aliphatic heterocycles. The standard InChI is InChI=1S/C27H18NS.C11H8N.Ir/c1-2-4-24-22(3-1)23-6-5-17(15-25(23)29-24)18-10-14-28-26(16-18)27-11-7-19-20(8-12-27)21(19)9-13-27;1-2-6-10(7-3-1)11-8-4-5-9-12-11;/h1-12,14-16,19-21H;1-6,8-9H;/q2*-1;. The topological polar surface area (TPSA) is 25.8 Å². The van der Waals surface area contributed by atoms with E-state index in [-0.39, 0.29) is 25.5 Å².